The van der Waals surface area contributed by atoms with E-state index in [1.807, 2.05) is 25.1 Å². The molecule has 0 amide bonds. The van der Waals surface area contributed by atoms with Crippen molar-refractivity contribution in [3.05, 3.63) is 58.5 Å². The summed E-state index contributed by atoms with van der Waals surface area (Å²) < 4.78 is 6.24. The molecule has 0 aliphatic heterocycles. The molecule has 1 atom stereocenters. The van der Waals surface area contributed by atoms with Crippen LogP contribution >= 0.6 is 11.8 Å². The number of nitrogens with zero attached hydrogens (tertiary/aromatic N) is 3. The first-order chi connectivity index (χ1) is 12.0. The molecule has 25 heavy (non-hydrogen) atoms. The molecule has 0 fully saturated rings. The summed E-state index contributed by atoms with van der Waals surface area (Å²) in [7, 11) is 1.34. The van der Waals surface area contributed by atoms with E-state index in [-0.39, 0.29) is 11.5 Å². The molecule has 3 aromatic rings. The number of esters is 1. The summed E-state index contributed by atoms with van der Waals surface area (Å²) in [4.78, 5) is 33.8. The number of benzene rings is 1. The van der Waals surface area contributed by atoms with Crippen molar-refractivity contribution in [1.82, 2.24) is 14.5 Å². The van der Waals surface area contributed by atoms with Crippen LogP contribution in [0.25, 0.3) is 16.7 Å². The first-order valence-electron chi connectivity index (χ1n) is 7.71. The van der Waals surface area contributed by atoms with Crippen molar-refractivity contribution in [3.8, 4) is 5.82 Å². The topological polar surface area (TPSA) is 74.1 Å². The first-order valence-corrected chi connectivity index (χ1v) is 8.59. The molecule has 0 radical (unpaired) electrons. The number of rotatable bonds is 4. The number of para-hydroxylation sites is 1. The van der Waals surface area contributed by atoms with Gasteiger partial charge < -0.3 is 4.74 Å². The number of thioether (sulfide) groups is 1. The zero-order chi connectivity index (χ0) is 18.0. The van der Waals surface area contributed by atoms with Crippen molar-refractivity contribution in [2.45, 2.75) is 24.3 Å². The number of hydrogen-bond acceptors (Lipinski definition) is 6. The summed E-state index contributed by atoms with van der Waals surface area (Å²) in [6.07, 6.45) is 1.63. The summed E-state index contributed by atoms with van der Waals surface area (Å²) in [5.41, 5.74) is 1.21. The van der Waals surface area contributed by atoms with Gasteiger partial charge in [-0.05, 0) is 37.6 Å². The Morgan fingerprint density at radius 2 is 2.00 bits per heavy atom. The molecule has 0 bridgehead atoms. The Kier molecular flexibility index (Phi) is 4.85. The minimum Gasteiger partial charge on any atom is -0.468 e. The van der Waals surface area contributed by atoms with Gasteiger partial charge in [0.15, 0.2) is 5.16 Å². The van der Waals surface area contributed by atoms with Crippen molar-refractivity contribution in [2.75, 3.05) is 7.11 Å². The lowest BCUT2D eigenvalue weighted by molar-refractivity contribution is -0.139. The Labute approximate surface area is 148 Å². The number of aromatic nitrogens is 3. The summed E-state index contributed by atoms with van der Waals surface area (Å²) >= 11 is 1.17. The monoisotopic (exact) mass is 355 g/mol. The fourth-order valence-electron chi connectivity index (χ4n) is 2.46. The fraction of sp³-hybridized carbons (Fsp3) is 0.222. The SMILES string of the molecule is COC(=O)C(C)Sc1nc2ccccc2c(=O)n1-c1ncccc1C. The van der Waals surface area contributed by atoms with Gasteiger partial charge in [-0.1, -0.05) is 30.0 Å². The Bertz CT molecular complexity index is 1000. The lowest BCUT2D eigenvalue weighted by atomic mass is 10.2. The molecule has 1 unspecified atom stereocenters. The van der Waals surface area contributed by atoms with Gasteiger partial charge in [0.1, 0.15) is 11.1 Å². The van der Waals surface area contributed by atoms with Crippen LogP contribution in [0.1, 0.15) is 12.5 Å². The van der Waals surface area contributed by atoms with E-state index in [9.17, 15) is 9.59 Å². The molecule has 3 rings (SSSR count). The van der Waals surface area contributed by atoms with Gasteiger partial charge >= 0.3 is 5.97 Å². The van der Waals surface area contributed by atoms with Crippen LogP contribution in [0.2, 0.25) is 0 Å². The van der Waals surface area contributed by atoms with Gasteiger partial charge in [-0.2, -0.15) is 0 Å². The summed E-state index contributed by atoms with van der Waals surface area (Å²) in [6.45, 7) is 3.59. The highest BCUT2D eigenvalue weighted by atomic mass is 32.2. The molecule has 6 nitrogen and oxygen atoms in total. The van der Waals surface area contributed by atoms with Gasteiger partial charge in [0.25, 0.3) is 5.56 Å². The van der Waals surface area contributed by atoms with Gasteiger partial charge in [-0.15, -0.1) is 0 Å². The number of hydrogen-bond donors (Lipinski definition) is 0. The van der Waals surface area contributed by atoms with Crippen LogP contribution in [-0.2, 0) is 9.53 Å². The van der Waals surface area contributed by atoms with E-state index >= 15 is 0 Å². The molecule has 2 aromatic heterocycles. The zero-order valence-electron chi connectivity index (χ0n) is 14.1. The van der Waals surface area contributed by atoms with E-state index < -0.39 is 5.25 Å². The third-order valence-corrected chi connectivity index (χ3v) is 4.78. The minimum atomic E-state index is -0.506. The Morgan fingerprint density at radius 1 is 1.24 bits per heavy atom. The van der Waals surface area contributed by atoms with E-state index in [4.69, 9.17) is 4.74 Å². The fourth-order valence-corrected chi connectivity index (χ4v) is 3.40. The van der Waals surface area contributed by atoms with E-state index in [1.165, 1.54) is 23.4 Å². The highest BCUT2D eigenvalue weighted by Gasteiger charge is 2.21. The van der Waals surface area contributed by atoms with Gasteiger partial charge in [-0.25, -0.2) is 14.5 Å². The van der Waals surface area contributed by atoms with Crippen LogP contribution in [0.3, 0.4) is 0 Å². The molecule has 0 aliphatic carbocycles. The third-order valence-electron chi connectivity index (χ3n) is 3.75. The second-order valence-electron chi connectivity index (χ2n) is 5.48. The standard InChI is InChI=1S/C18H17N3O3S/c1-11-7-6-10-19-15(11)21-16(22)13-8-4-5-9-14(13)20-18(21)25-12(2)17(23)24-3/h4-10,12H,1-3H3. The normalized spacial score (nSPS) is 12.1. The van der Waals surface area contributed by atoms with Crippen molar-refractivity contribution >= 4 is 28.6 Å². The molecule has 0 spiro atoms. The maximum absolute atomic E-state index is 13.1. The number of pyridine rings is 1. The third kappa shape index (κ3) is 3.28. The average Bonchev–Trinajstić information content (AvgIpc) is 2.62. The molecule has 7 heteroatoms. The van der Waals surface area contributed by atoms with Gasteiger partial charge in [0.05, 0.1) is 18.0 Å². The highest BCUT2D eigenvalue weighted by molar-refractivity contribution is 8.00. The lowest BCUT2D eigenvalue weighted by Gasteiger charge is -2.16. The van der Waals surface area contributed by atoms with E-state index in [0.717, 1.165) is 5.56 Å². The van der Waals surface area contributed by atoms with Crippen molar-refractivity contribution in [1.29, 1.82) is 0 Å². The number of fused-ring (bicyclic) bond motifs is 1. The largest absolute Gasteiger partial charge is 0.468 e. The predicted octanol–water partition coefficient (Wildman–Crippen LogP) is 2.74. The number of carbonyl (C=O) groups excluding carboxylic acids is 1. The quantitative estimate of drug-likeness (QED) is 0.407. The molecule has 1 aromatic carbocycles. The molecule has 2 heterocycles. The number of aryl methyl sites for hydroxylation is 1. The van der Waals surface area contributed by atoms with Crippen LogP contribution < -0.4 is 5.56 Å². The molecule has 0 saturated heterocycles. The molecule has 0 saturated carbocycles. The van der Waals surface area contributed by atoms with Crippen LogP contribution in [0.4, 0.5) is 0 Å². The Morgan fingerprint density at radius 3 is 2.72 bits per heavy atom. The van der Waals surface area contributed by atoms with Crippen LogP contribution in [0.15, 0.2) is 52.5 Å². The first kappa shape index (κ1) is 17.2. The summed E-state index contributed by atoms with van der Waals surface area (Å²) in [6, 6.07) is 10.8. The second kappa shape index (κ2) is 7.06. The maximum Gasteiger partial charge on any atom is 0.318 e. The van der Waals surface area contributed by atoms with Crippen molar-refractivity contribution in [2.24, 2.45) is 0 Å². The Balaban J connectivity index is 2.27. The van der Waals surface area contributed by atoms with Crippen molar-refractivity contribution in [3.63, 3.8) is 0 Å². The van der Waals surface area contributed by atoms with E-state index in [1.54, 1.807) is 31.3 Å². The van der Waals surface area contributed by atoms with Crippen molar-refractivity contribution < 1.29 is 9.53 Å². The Hall–Kier alpha value is -2.67. The zero-order valence-corrected chi connectivity index (χ0v) is 14.9. The molecular formula is C18H17N3O3S. The highest BCUT2D eigenvalue weighted by Crippen LogP contribution is 2.25. The van der Waals surface area contributed by atoms with E-state index in [0.29, 0.717) is 21.9 Å². The second-order valence-corrected chi connectivity index (χ2v) is 6.79. The van der Waals surface area contributed by atoms with Crippen LogP contribution in [0.5, 0.6) is 0 Å². The van der Waals surface area contributed by atoms with Gasteiger partial charge in [0.2, 0.25) is 0 Å². The van der Waals surface area contributed by atoms with Gasteiger partial charge in [0, 0.05) is 6.20 Å². The number of carbonyl (C=O) groups is 1. The molecule has 0 N–H and O–H groups in total. The molecular weight excluding hydrogens is 338 g/mol. The minimum absolute atomic E-state index is 0.216. The maximum atomic E-state index is 13.1. The lowest BCUT2D eigenvalue weighted by Crippen LogP contribution is -2.25. The van der Waals surface area contributed by atoms with Crippen LogP contribution in [-0.4, -0.2) is 32.9 Å². The summed E-state index contributed by atoms with van der Waals surface area (Å²) in [5.74, 6) is 0.127. The molecule has 0 aliphatic rings. The van der Waals surface area contributed by atoms with Crippen LogP contribution in [0, 0.1) is 6.92 Å². The van der Waals surface area contributed by atoms with E-state index in [2.05, 4.69) is 9.97 Å². The predicted molar refractivity (Wildman–Crippen MR) is 97.2 cm³/mol. The molecule has 128 valence electrons. The summed E-state index contributed by atoms with van der Waals surface area (Å²) in [5, 5.41) is 0.402. The number of methoxy groups -OCH3 is 1. The smallest absolute Gasteiger partial charge is 0.318 e. The number of ether oxygens (including phenoxy) is 1. The average molecular weight is 355 g/mol. The van der Waals surface area contributed by atoms with Gasteiger partial charge in [-0.3, -0.25) is 9.59 Å².